The van der Waals surface area contributed by atoms with E-state index in [1.807, 2.05) is 30.9 Å². The molecule has 0 radical (unpaired) electrons. The van der Waals surface area contributed by atoms with Gasteiger partial charge in [-0.05, 0) is 76.9 Å². The Morgan fingerprint density at radius 1 is 0.786 bits per heavy atom. The lowest BCUT2D eigenvalue weighted by atomic mass is 9.78. The summed E-state index contributed by atoms with van der Waals surface area (Å²) >= 11 is 0. The van der Waals surface area contributed by atoms with E-state index >= 15 is 0 Å². The molecule has 4 aliphatic rings. The third-order valence-electron chi connectivity index (χ3n) is 9.13. The van der Waals surface area contributed by atoms with Crippen LogP contribution in [0.5, 0.6) is 11.5 Å². The number of aliphatic hydroxyl groups excluding tert-OH is 1. The molecule has 0 bridgehead atoms. The molecule has 0 saturated carbocycles. The molecule has 2 aromatic rings. The van der Waals surface area contributed by atoms with Gasteiger partial charge in [0.05, 0.1) is 35.3 Å². The van der Waals surface area contributed by atoms with Crippen LogP contribution in [0.15, 0.2) is 36.4 Å². The van der Waals surface area contributed by atoms with E-state index in [1.165, 1.54) is 0 Å². The van der Waals surface area contributed by atoms with Crippen molar-refractivity contribution in [3.8, 4) is 23.6 Å². The largest absolute Gasteiger partial charge is 0.487 e. The molecule has 0 aliphatic carbocycles. The molecule has 4 heterocycles. The van der Waals surface area contributed by atoms with Crippen LogP contribution >= 0.6 is 0 Å². The van der Waals surface area contributed by atoms with Crippen LogP contribution in [0, 0.1) is 28.6 Å². The van der Waals surface area contributed by atoms with Crippen LogP contribution in [0.25, 0.3) is 0 Å². The van der Waals surface area contributed by atoms with Crippen LogP contribution in [0.1, 0.15) is 94.6 Å². The van der Waals surface area contributed by atoms with Gasteiger partial charge in [0.15, 0.2) is 0 Å². The zero-order valence-corrected chi connectivity index (χ0v) is 24.9. The number of hydrogen-bond acceptors (Lipinski definition) is 7. The molecule has 2 fully saturated rings. The molecule has 6 rings (SSSR count). The molecule has 2 saturated heterocycles. The van der Waals surface area contributed by atoms with Gasteiger partial charge >= 0.3 is 0 Å². The van der Waals surface area contributed by atoms with Crippen molar-refractivity contribution in [3.63, 3.8) is 0 Å². The normalized spacial score (nSPS) is 27.0. The van der Waals surface area contributed by atoms with Gasteiger partial charge in [-0.1, -0.05) is 6.92 Å². The van der Waals surface area contributed by atoms with Crippen LogP contribution in [0.2, 0.25) is 0 Å². The molecule has 4 atom stereocenters. The molecule has 220 valence electrons. The highest BCUT2D eigenvalue weighted by Crippen LogP contribution is 2.48. The van der Waals surface area contributed by atoms with Gasteiger partial charge in [-0.15, -0.1) is 0 Å². The van der Waals surface area contributed by atoms with Gasteiger partial charge in [-0.25, -0.2) is 0 Å². The summed E-state index contributed by atoms with van der Waals surface area (Å²) in [6.07, 6.45) is 2.02. The Bertz CT molecular complexity index is 1370. The van der Waals surface area contributed by atoms with Gasteiger partial charge in [-0.2, -0.15) is 10.5 Å². The first-order valence-electron chi connectivity index (χ1n) is 14.6. The zero-order chi connectivity index (χ0) is 30.4. The highest BCUT2D eigenvalue weighted by molar-refractivity contribution is 5.79. The number of likely N-dealkylation sites (tertiary alicyclic amines) is 2. The number of benzene rings is 2. The number of fused-ring (bicyclic) bond motifs is 2. The Morgan fingerprint density at radius 3 is 1.69 bits per heavy atom. The van der Waals surface area contributed by atoms with E-state index in [1.54, 1.807) is 29.2 Å². The van der Waals surface area contributed by atoms with E-state index < -0.39 is 17.7 Å². The maximum atomic E-state index is 12.2. The average molecular weight is 571 g/mol. The second kappa shape index (κ2) is 11.0. The maximum Gasteiger partial charge on any atom is 0.223 e. The second-order valence-corrected chi connectivity index (χ2v) is 12.6. The van der Waals surface area contributed by atoms with Crippen LogP contribution in [-0.2, 0) is 9.59 Å². The van der Waals surface area contributed by atoms with Crippen molar-refractivity contribution in [2.24, 2.45) is 5.92 Å². The molecule has 2 aromatic carbocycles. The summed E-state index contributed by atoms with van der Waals surface area (Å²) in [5.41, 5.74) is 1.68. The number of amides is 2. The monoisotopic (exact) mass is 570 g/mol. The van der Waals surface area contributed by atoms with Crippen LogP contribution < -0.4 is 9.47 Å². The van der Waals surface area contributed by atoms with Crippen molar-refractivity contribution in [3.05, 3.63) is 58.7 Å². The molecule has 9 nitrogen and oxygen atoms in total. The number of rotatable bonds is 2. The van der Waals surface area contributed by atoms with Crippen LogP contribution in [-0.4, -0.2) is 57.1 Å². The molecule has 4 aliphatic heterocycles. The van der Waals surface area contributed by atoms with Gasteiger partial charge < -0.3 is 24.4 Å². The predicted octanol–water partition coefficient (Wildman–Crippen LogP) is 4.78. The summed E-state index contributed by atoms with van der Waals surface area (Å²) in [5.74, 6) is 1.85. The quantitative estimate of drug-likeness (QED) is 0.550. The van der Waals surface area contributed by atoms with Crippen molar-refractivity contribution >= 4 is 11.8 Å². The zero-order valence-electron chi connectivity index (χ0n) is 24.9. The van der Waals surface area contributed by atoms with Crippen molar-refractivity contribution in [2.75, 3.05) is 13.1 Å². The fraction of sp³-hybridized carbons (Fsp3) is 0.515. The van der Waals surface area contributed by atoms with Crippen LogP contribution in [0.4, 0.5) is 0 Å². The Balaban J connectivity index is 0.000000168. The number of ether oxygens (including phenoxy) is 2. The lowest BCUT2D eigenvalue weighted by molar-refractivity contribution is -0.139. The van der Waals surface area contributed by atoms with Crippen molar-refractivity contribution < 1.29 is 24.2 Å². The third kappa shape index (κ3) is 5.18. The molecule has 1 N–H and O–H groups in total. The Kier molecular flexibility index (Phi) is 7.68. The summed E-state index contributed by atoms with van der Waals surface area (Å²) in [7, 11) is 0. The highest BCUT2D eigenvalue weighted by atomic mass is 16.5. The summed E-state index contributed by atoms with van der Waals surface area (Å²) in [6, 6.07) is 14.5. The van der Waals surface area contributed by atoms with E-state index in [0.717, 1.165) is 36.3 Å². The Morgan fingerprint density at radius 2 is 1.24 bits per heavy atom. The minimum absolute atomic E-state index is 0.00736. The average Bonchev–Trinajstić information content (AvgIpc) is 3.57. The van der Waals surface area contributed by atoms with Gasteiger partial charge in [0.2, 0.25) is 11.8 Å². The summed E-state index contributed by atoms with van der Waals surface area (Å²) in [6.45, 7) is 11.3. The molecule has 2 amide bonds. The van der Waals surface area contributed by atoms with E-state index in [9.17, 15) is 14.7 Å². The van der Waals surface area contributed by atoms with E-state index in [-0.39, 0.29) is 29.4 Å². The summed E-state index contributed by atoms with van der Waals surface area (Å²) < 4.78 is 12.0. The van der Waals surface area contributed by atoms with E-state index in [4.69, 9.17) is 20.0 Å². The van der Waals surface area contributed by atoms with Gasteiger partial charge in [0, 0.05) is 43.0 Å². The molecule has 0 spiro atoms. The first-order chi connectivity index (χ1) is 19.9. The fourth-order valence-electron chi connectivity index (χ4n) is 6.51. The molecule has 0 aromatic heterocycles. The number of nitrogens with zero attached hydrogens (tertiary/aromatic N) is 4. The van der Waals surface area contributed by atoms with E-state index in [2.05, 4.69) is 32.9 Å². The number of hydrogen-bond donors (Lipinski definition) is 1. The minimum Gasteiger partial charge on any atom is -0.487 e. The lowest BCUT2D eigenvalue weighted by Crippen LogP contribution is -2.53. The topological polar surface area (TPSA) is 127 Å². The van der Waals surface area contributed by atoms with Crippen molar-refractivity contribution in [1.29, 1.82) is 10.5 Å². The van der Waals surface area contributed by atoms with Crippen LogP contribution in [0.3, 0.4) is 0 Å². The maximum absolute atomic E-state index is 12.2. The molecule has 9 heteroatoms. The van der Waals surface area contributed by atoms with Gasteiger partial charge in [0.25, 0.3) is 0 Å². The standard InChI is InChI=1S/C17H20N2O2.C16H18N2O3/c1-11-16(19-8-4-5-15(19)20)13-9-12(10-18)6-7-14(13)21-17(11,2)3;1-16(2)15(20)14(18-7-3-4-13(18)19)11-8-10(9-17)5-6-12(11)21-16/h6-7,9,11,16H,4-5,8H2,1-3H3;5-6,8,14-15,20H,3-4,7H2,1-2H3/t11-,16?;14-,15+/m11/s1. The second-order valence-electron chi connectivity index (χ2n) is 12.6. The summed E-state index contributed by atoms with van der Waals surface area (Å²) in [4.78, 5) is 28.0. The first kappa shape index (κ1) is 29.4. The third-order valence-corrected chi connectivity index (χ3v) is 9.13. The molecular formula is C33H38N4O5. The number of aliphatic hydroxyl groups is 1. The molecule has 1 unspecified atom stereocenters. The smallest absolute Gasteiger partial charge is 0.223 e. The van der Waals surface area contributed by atoms with Gasteiger partial charge in [0.1, 0.15) is 28.8 Å². The summed E-state index contributed by atoms with van der Waals surface area (Å²) in [5, 5.41) is 28.9. The minimum atomic E-state index is -0.832. The lowest BCUT2D eigenvalue weighted by Gasteiger charge is -2.46. The molecule has 42 heavy (non-hydrogen) atoms. The van der Waals surface area contributed by atoms with Gasteiger partial charge in [-0.3, -0.25) is 9.59 Å². The van der Waals surface area contributed by atoms with Crippen molar-refractivity contribution in [2.45, 2.75) is 89.7 Å². The molecular weight excluding hydrogens is 532 g/mol. The number of carbonyl (C=O) groups is 2. The fourth-order valence-corrected chi connectivity index (χ4v) is 6.51. The number of carbonyl (C=O) groups excluding carboxylic acids is 2. The van der Waals surface area contributed by atoms with Crippen molar-refractivity contribution in [1.82, 2.24) is 9.80 Å². The Labute approximate surface area is 247 Å². The SMILES string of the molecule is CC1(C)Oc2ccc(C#N)cc2[C@@H](N2CCCC2=O)[C@@H]1O.C[C@@H]1C(N2CCCC2=O)c2cc(C#N)ccc2OC1(C)C. The number of nitriles is 2. The highest BCUT2D eigenvalue weighted by Gasteiger charge is 2.48. The van der Waals surface area contributed by atoms with E-state index in [0.29, 0.717) is 36.3 Å². The first-order valence-corrected chi connectivity index (χ1v) is 14.6. The predicted molar refractivity (Wildman–Crippen MR) is 154 cm³/mol. The Hall–Kier alpha value is -4.08.